The van der Waals surface area contributed by atoms with Crippen LogP contribution < -0.4 is 4.90 Å². The van der Waals surface area contributed by atoms with Gasteiger partial charge in [-0.05, 0) is 18.1 Å². The Bertz CT molecular complexity index is 455. The molecule has 2 rings (SSSR count). The summed E-state index contributed by atoms with van der Waals surface area (Å²) in [6, 6.07) is 8.21. The largest absolute Gasteiger partial charge is 0.312 e. The van der Waals surface area contributed by atoms with E-state index < -0.39 is 0 Å². The number of unbranched alkanes of at least 4 members (excludes halogenated alkanes) is 9. The molecule has 0 saturated carbocycles. The highest BCUT2D eigenvalue weighted by Crippen LogP contribution is 2.28. The molecular weight excluding hydrogens is 270 g/mol. The van der Waals surface area contributed by atoms with Crippen molar-refractivity contribution in [3.8, 4) is 0 Å². The van der Waals surface area contributed by atoms with E-state index in [4.69, 9.17) is 0 Å². The zero-order valence-electron chi connectivity index (χ0n) is 14.2. The Hall–Kier alpha value is -1.31. The van der Waals surface area contributed by atoms with Crippen molar-refractivity contribution >= 4 is 11.6 Å². The van der Waals surface area contributed by atoms with Crippen molar-refractivity contribution in [1.82, 2.24) is 0 Å². The van der Waals surface area contributed by atoms with Gasteiger partial charge in [-0.1, -0.05) is 82.9 Å². The van der Waals surface area contributed by atoms with Crippen molar-refractivity contribution in [1.29, 1.82) is 0 Å². The summed E-state index contributed by atoms with van der Waals surface area (Å²) in [5.74, 6) is 0.275. The van der Waals surface area contributed by atoms with Crippen LogP contribution in [-0.2, 0) is 11.2 Å². The summed E-state index contributed by atoms with van der Waals surface area (Å²) in [6.45, 7) is 3.16. The SMILES string of the molecule is CCCCCCCCCCCCN1C(=O)Cc2ccccc21. The van der Waals surface area contributed by atoms with Gasteiger partial charge >= 0.3 is 0 Å². The monoisotopic (exact) mass is 301 g/mol. The molecule has 0 aromatic heterocycles. The maximum atomic E-state index is 12.0. The summed E-state index contributed by atoms with van der Waals surface area (Å²) in [7, 11) is 0. The van der Waals surface area contributed by atoms with Crippen molar-refractivity contribution in [2.24, 2.45) is 0 Å². The molecule has 0 N–H and O–H groups in total. The zero-order chi connectivity index (χ0) is 15.6. The number of nitrogens with zero attached hydrogens (tertiary/aromatic N) is 1. The van der Waals surface area contributed by atoms with E-state index in [0.717, 1.165) is 18.7 Å². The Labute approximate surface area is 135 Å². The van der Waals surface area contributed by atoms with Gasteiger partial charge in [-0.25, -0.2) is 0 Å². The molecule has 0 bridgehead atoms. The van der Waals surface area contributed by atoms with Gasteiger partial charge < -0.3 is 4.90 Å². The highest BCUT2D eigenvalue weighted by molar-refractivity contribution is 6.01. The van der Waals surface area contributed by atoms with Crippen LogP contribution in [-0.4, -0.2) is 12.5 Å². The van der Waals surface area contributed by atoms with Crippen LogP contribution in [0.4, 0.5) is 5.69 Å². The van der Waals surface area contributed by atoms with Gasteiger partial charge in [0.15, 0.2) is 0 Å². The molecule has 1 aromatic rings. The lowest BCUT2D eigenvalue weighted by Crippen LogP contribution is -2.27. The first-order valence-corrected chi connectivity index (χ1v) is 9.21. The predicted molar refractivity (Wildman–Crippen MR) is 94.3 cm³/mol. The topological polar surface area (TPSA) is 20.3 Å². The first-order chi connectivity index (χ1) is 10.8. The number of hydrogen-bond donors (Lipinski definition) is 0. The molecule has 2 heteroatoms. The fourth-order valence-electron chi connectivity index (χ4n) is 3.32. The molecule has 1 aliphatic rings. The molecule has 1 aromatic carbocycles. The Kier molecular flexibility index (Phi) is 7.48. The van der Waals surface area contributed by atoms with Gasteiger partial charge in [0.25, 0.3) is 0 Å². The maximum Gasteiger partial charge on any atom is 0.231 e. The Morgan fingerprint density at radius 1 is 0.864 bits per heavy atom. The Morgan fingerprint density at radius 2 is 1.45 bits per heavy atom. The molecule has 0 atom stereocenters. The van der Waals surface area contributed by atoms with Gasteiger partial charge in [-0.3, -0.25) is 4.79 Å². The fourth-order valence-corrected chi connectivity index (χ4v) is 3.32. The Balaban J connectivity index is 1.53. The first-order valence-electron chi connectivity index (χ1n) is 9.21. The second-order valence-corrected chi connectivity index (χ2v) is 6.53. The lowest BCUT2D eigenvalue weighted by molar-refractivity contribution is -0.117. The fraction of sp³-hybridized carbons (Fsp3) is 0.650. The average molecular weight is 301 g/mol. The Morgan fingerprint density at radius 3 is 2.14 bits per heavy atom. The molecule has 0 unspecified atom stereocenters. The van der Waals surface area contributed by atoms with Crippen LogP contribution in [0.2, 0.25) is 0 Å². The van der Waals surface area contributed by atoms with Crippen molar-refractivity contribution in [3.05, 3.63) is 29.8 Å². The predicted octanol–water partition coefficient (Wildman–Crippen LogP) is 5.50. The van der Waals surface area contributed by atoms with E-state index in [0.29, 0.717) is 6.42 Å². The molecule has 122 valence electrons. The molecule has 22 heavy (non-hydrogen) atoms. The van der Waals surface area contributed by atoms with Crippen LogP contribution in [0, 0.1) is 0 Å². The zero-order valence-corrected chi connectivity index (χ0v) is 14.2. The molecule has 2 nitrogen and oxygen atoms in total. The number of carbonyl (C=O) groups is 1. The van der Waals surface area contributed by atoms with Crippen molar-refractivity contribution < 1.29 is 4.79 Å². The third-order valence-electron chi connectivity index (χ3n) is 4.66. The van der Waals surface area contributed by atoms with Crippen LogP contribution in [0.25, 0.3) is 0 Å². The number of hydrogen-bond acceptors (Lipinski definition) is 1. The minimum Gasteiger partial charge on any atom is -0.312 e. The minimum atomic E-state index is 0.275. The minimum absolute atomic E-state index is 0.275. The molecule has 1 amide bonds. The smallest absolute Gasteiger partial charge is 0.231 e. The standard InChI is InChI=1S/C20H31NO/c1-2-3-4-5-6-7-8-9-10-13-16-21-19-15-12-11-14-18(19)17-20(21)22/h11-12,14-15H,2-10,13,16-17H2,1H3. The number of amides is 1. The number of benzene rings is 1. The lowest BCUT2D eigenvalue weighted by atomic mass is 10.1. The van der Waals surface area contributed by atoms with E-state index in [2.05, 4.69) is 19.1 Å². The second kappa shape index (κ2) is 9.66. The van der Waals surface area contributed by atoms with Gasteiger partial charge in [0.05, 0.1) is 6.42 Å². The highest BCUT2D eigenvalue weighted by Gasteiger charge is 2.25. The number of fused-ring (bicyclic) bond motifs is 1. The molecule has 1 aliphatic heterocycles. The van der Waals surface area contributed by atoms with Gasteiger partial charge in [0.2, 0.25) is 5.91 Å². The maximum absolute atomic E-state index is 12.0. The van der Waals surface area contributed by atoms with E-state index in [1.54, 1.807) is 0 Å². The number of rotatable bonds is 11. The second-order valence-electron chi connectivity index (χ2n) is 6.53. The molecule has 1 heterocycles. The summed E-state index contributed by atoms with van der Waals surface area (Å²) in [5.41, 5.74) is 2.34. The molecule has 0 fully saturated rings. The molecule has 0 spiro atoms. The van der Waals surface area contributed by atoms with Crippen molar-refractivity contribution in [2.45, 2.75) is 77.6 Å². The van der Waals surface area contributed by atoms with E-state index >= 15 is 0 Å². The number of anilines is 1. The molecule has 0 saturated heterocycles. The van der Waals surface area contributed by atoms with Gasteiger partial charge in [0.1, 0.15) is 0 Å². The van der Waals surface area contributed by atoms with Crippen LogP contribution in [0.5, 0.6) is 0 Å². The van der Waals surface area contributed by atoms with Gasteiger partial charge in [0, 0.05) is 12.2 Å². The summed E-state index contributed by atoms with van der Waals surface area (Å²) in [6.07, 6.45) is 14.0. The van der Waals surface area contributed by atoms with Gasteiger partial charge in [-0.2, -0.15) is 0 Å². The number of para-hydroxylation sites is 1. The van der Waals surface area contributed by atoms with Crippen LogP contribution in [0.15, 0.2) is 24.3 Å². The van der Waals surface area contributed by atoms with Gasteiger partial charge in [-0.15, -0.1) is 0 Å². The average Bonchev–Trinajstić information content (AvgIpc) is 2.85. The molecule has 0 aliphatic carbocycles. The van der Waals surface area contributed by atoms with E-state index in [-0.39, 0.29) is 5.91 Å². The third kappa shape index (κ3) is 5.15. The summed E-state index contributed by atoms with van der Waals surface area (Å²) >= 11 is 0. The number of carbonyl (C=O) groups excluding carboxylic acids is 1. The van der Waals surface area contributed by atoms with E-state index in [9.17, 15) is 4.79 Å². The highest BCUT2D eigenvalue weighted by atomic mass is 16.2. The van der Waals surface area contributed by atoms with Crippen molar-refractivity contribution in [2.75, 3.05) is 11.4 Å². The molecular formula is C20H31NO. The van der Waals surface area contributed by atoms with Crippen molar-refractivity contribution in [3.63, 3.8) is 0 Å². The summed E-state index contributed by atoms with van der Waals surface area (Å²) < 4.78 is 0. The van der Waals surface area contributed by atoms with Crippen LogP contribution in [0.3, 0.4) is 0 Å². The van der Waals surface area contributed by atoms with E-state index in [1.165, 1.54) is 63.4 Å². The molecule has 0 radical (unpaired) electrons. The normalized spacial score (nSPS) is 13.7. The quantitative estimate of drug-likeness (QED) is 0.494. The summed E-state index contributed by atoms with van der Waals surface area (Å²) in [4.78, 5) is 14.0. The van der Waals surface area contributed by atoms with Crippen LogP contribution in [0.1, 0.15) is 76.7 Å². The summed E-state index contributed by atoms with van der Waals surface area (Å²) in [5, 5.41) is 0. The first kappa shape index (κ1) is 17.1. The van der Waals surface area contributed by atoms with E-state index in [1.807, 2.05) is 17.0 Å². The van der Waals surface area contributed by atoms with Crippen LogP contribution >= 0.6 is 0 Å². The third-order valence-corrected chi connectivity index (χ3v) is 4.66. The lowest BCUT2D eigenvalue weighted by Gasteiger charge is -2.17.